The normalized spacial score (nSPS) is 10.6. The molecule has 0 aliphatic carbocycles. The second-order valence-corrected chi connectivity index (χ2v) is 2.97. The fourth-order valence-electron chi connectivity index (χ4n) is 1.26. The van der Waals surface area contributed by atoms with Crippen LogP contribution >= 0.6 is 0 Å². The van der Waals surface area contributed by atoms with Crippen LogP contribution in [0.1, 0.15) is 17.3 Å². The number of ketones is 1. The maximum Gasteiger partial charge on any atom is 0.159 e. The Bertz CT molecular complexity index is 473. The molecule has 0 aliphatic heterocycles. The predicted octanol–water partition coefficient (Wildman–Crippen LogP) is 1.17. The second kappa shape index (κ2) is 2.65. The van der Waals surface area contributed by atoms with Gasteiger partial charge in [0.25, 0.3) is 0 Å². The average Bonchev–Trinajstić information content (AvgIpc) is 2.47. The summed E-state index contributed by atoms with van der Waals surface area (Å²) >= 11 is 0. The number of fused-ring (bicyclic) bond motifs is 1. The summed E-state index contributed by atoms with van der Waals surface area (Å²) in [4.78, 5) is 11.0. The Kier molecular flexibility index (Phi) is 1.62. The Hall–Kier alpha value is -1.71. The van der Waals surface area contributed by atoms with Crippen molar-refractivity contribution in [1.29, 1.82) is 0 Å². The van der Waals surface area contributed by atoms with Gasteiger partial charge in [-0.15, -0.1) is 5.10 Å². The van der Waals surface area contributed by atoms with Crippen molar-refractivity contribution in [3.8, 4) is 0 Å². The van der Waals surface area contributed by atoms with Crippen molar-refractivity contribution in [2.24, 2.45) is 7.05 Å². The summed E-state index contributed by atoms with van der Waals surface area (Å²) < 4.78 is 1.68. The standard InChI is InChI=1S/C9H9N3O/c1-6(13)7-3-4-9-8(5-7)10-11-12(9)2/h3-5H,1-2H3. The summed E-state index contributed by atoms with van der Waals surface area (Å²) in [5.41, 5.74) is 2.37. The van der Waals surface area contributed by atoms with E-state index in [1.54, 1.807) is 16.8 Å². The first-order valence-electron chi connectivity index (χ1n) is 3.99. The van der Waals surface area contributed by atoms with Gasteiger partial charge in [-0.05, 0) is 25.1 Å². The largest absolute Gasteiger partial charge is 0.295 e. The zero-order valence-corrected chi connectivity index (χ0v) is 7.48. The number of carbonyl (C=O) groups excluding carboxylic acids is 1. The van der Waals surface area contributed by atoms with Crippen LogP contribution in [-0.4, -0.2) is 20.8 Å². The first kappa shape index (κ1) is 7.91. The van der Waals surface area contributed by atoms with E-state index in [1.165, 1.54) is 6.92 Å². The third-order valence-corrected chi connectivity index (χ3v) is 2.02. The van der Waals surface area contributed by atoms with Crippen LogP contribution in [0.25, 0.3) is 11.0 Å². The van der Waals surface area contributed by atoms with Crippen LogP contribution in [-0.2, 0) is 7.05 Å². The molecule has 0 N–H and O–H groups in total. The lowest BCUT2D eigenvalue weighted by Crippen LogP contribution is -1.92. The minimum Gasteiger partial charge on any atom is -0.295 e. The maximum atomic E-state index is 11.0. The quantitative estimate of drug-likeness (QED) is 0.611. The van der Waals surface area contributed by atoms with Crippen LogP contribution < -0.4 is 0 Å². The van der Waals surface area contributed by atoms with E-state index in [9.17, 15) is 4.79 Å². The maximum absolute atomic E-state index is 11.0. The van der Waals surface area contributed by atoms with Gasteiger partial charge in [0.15, 0.2) is 5.78 Å². The second-order valence-electron chi connectivity index (χ2n) is 2.97. The summed E-state index contributed by atoms with van der Waals surface area (Å²) in [6.45, 7) is 1.54. The minimum absolute atomic E-state index is 0.0487. The molecule has 0 saturated heterocycles. The average molecular weight is 175 g/mol. The Labute approximate surface area is 75.2 Å². The van der Waals surface area contributed by atoms with E-state index in [-0.39, 0.29) is 5.78 Å². The monoisotopic (exact) mass is 175 g/mol. The van der Waals surface area contributed by atoms with E-state index in [1.807, 2.05) is 13.1 Å². The molecule has 4 nitrogen and oxygen atoms in total. The highest BCUT2D eigenvalue weighted by molar-refractivity contribution is 5.97. The number of carbonyl (C=O) groups is 1. The number of hydrogen-bond donors (Lipinski definition) is 0. The molecule has 2 rings (SSSR count). The van der Waals surface area contributed by atoms with Crippen molar-refractivity contribution in [3.05, 3.63) is 23.8 Å². The highest BCUT2D eigenvalue weighted by Crippen LogP contribution is 2.12. The molecule has 0 atom stereocenters. The summed E-state index contributed by atoms with van der Waals surface area (Å²) in [5, 5.41) is 7.77. The van der Waals surface area contributed by atoms with E-state index >= 15 is 0 Å². The first-order chi connectivity index (χ1) is 6.18. The van der Waals surface area contributed by atoms with Gasteiger partial charge in [-0.25, -0.2) is 4.68 Å². The minimum atomic E-state index is 0.0487. The molecule has 0 bridgehead atoms. The molecule has 1 aromatic carbocycles. The van der Waals surface area contributed by atoms with E-state index in [0.717, 1.165) is 11.0 Å². The number of aryl methyl sites for hydroxylation is 1. The lowest BCUT2D eigenvalue weighted by Gasteiger charge is -1.94. The fourth-order valence-corrected chi connectivity index (χ4v) is 1.26. The van der Waals surface area contributed by atoms with Gasteiger partial charge < -0.3 is 0 Å². The Balaban J connectivity index is 2.70. The Morgan fingerprint density at radius 2 is 2.23 bits per heavy atom. The number of Topliss-reactive ketones (excluding diaryl/α,β-unsaturated/α-hetero) is 1. The van der Waals surface area contributed by atoms with Crippen LogP contribution in [0.15, 0.2) is 18.2 Å². The third kappa shape index (κ3) is 1.20. The molecule has 2 aromatic rings. The van der Waals surface area contributed by atoms with Crippen LogP contribution in [0.3, 0.4) is 0 Å². The molecular formula is C9H9N3O. The molecule has 0 unspecified atom stereocenters. The molecule has 0 spiro atoms. The van der Waals surface area contributed by atoms with Crippen LogP contribution in [0.4, 0.5) is 0 Å². The van der Waals surface area contributed by atoms with Crippen molar-refractivity contribution in [3.63, 3.8) is 0 Å². The summed E-state index contributed by atoms with van der Waals surface area (Å²) in [6.07, 6.45) is 0. The Morgan fingerprint density at radius 3 is 2.92 bits per heavy atom. The van der Waals surface area contributed by atoms with Crippen molar-refractivity contribution < 1.29 is 4.79 Å². The predicted molar refractivity (Wildman–Crippen MR) is 48.5 cm³/mol. The molecule has 66 valence electrons. The molecule has 0 amide bonds. The zero-order chi connectivity index (χ0) is 9.42. The van der Waals surface area contributed by atoms with Crippen molar-refractivity contribution in [2.75, 3.05) is 0 Å². The molecule has 0 saturated carbocycles. The van der Waals surface area contributed by atoms with Crippen molar-refractivity contribution in [2.45, 2.75) is 6.92 Å². The number of rotatable bonds is 1. The molecule has 13 heavy (non-hydrogen) atoms. The van der Waals surface area contributed by atoms with Gasteiger partial charge in [0.05, 0.1) is 5.52 Å². The summed E-state index contributed by atoms with van der Waals surface area (Å²) in [7, 11) is 1.82. The van der Waals surface area contributed by atoms with Gasteiger partial charge >= 0.3 is 0 Å². The van der Waals surface area contributed by atoms with Gasteiger partial charge in [-0.1, -0.05) is 5.21 Å². The first-order valence-corrected chi connectivity index (χ1v) is 3.99. The summed E-state index contributed by atoms with van der Waals surface area (Å²) in [5.74, 6) is 0.0487. The molecule has 0 fully saturated rings. The molecule has 1 heterocycles. The lowest BCUT2D eigenvalue weighted by molar-refractivity contribution is 0.101. The fraction of sp³-hybridized carbons (Fsp3) is 0.222. The van der Waals surface area contributed by atoms with E-state index < -0.39 is 0 Å². The number of hydrogen-bond acceptors (Lipinski definition) is 3. The van der Waals surface area contributed by atoms with Crippen molar-refractivity contribution >= 4 is 16.8 Å². The van der Waals surface area contributed by atoms with Gasteiger partial charge in [-0.2, -0.15) is 0 Å². The topological polar surface area (TPSA) is 47.8 Å². The highest BCUT2D eigenvalue weighted by atomic mass is 16.1. The SMILES string of the molecule is CC(=O)c1ccc2c(c1)nnn2C. The summed E-state index contributed by atoms with van der Waals surface area (Å²) in [6, 6.07) is 5.39. The van der Waals surface area contributed by atoms with Crippen molar-refractivity contribution in [1.82, 2.24) is 15.0 Å². The van der Waals surface area contributed by atoms with Crippen LogP contribution in [0.5, 0.6) is 0 Å². The zero-order valence-electron chi connectivity index (χ0n) is 7.48. The van der Waals surface area contributed by atoms with Gasteiger partial charge in [-0.3, -0.25) is 4.79 Å². The van der Waals surface area contributed by atoms with Gasteiger partial charge in [0.2, 0.25) is 0 Å². The van der Waals surface area contributed by atoms with E-state index in [2.05, 4.69) is 10.3 Å². The highest BCUT2D eigenvalue weighted by Gasteiger charge is 2.04. The number of benzene rings is 1. The number of aromatic nitrogens is 3. The van der Waals surface area contributed by atoms with E-state index in [4.69, 9.17) is 0 Å². The van der Waals surface area contributed by atoms with Gasteiger partial charge in [0, 0.05) is 12.6 Å². The molecule has 1 aromatic heterocycles. The molecule has 0 aliphatic rings. The lowest BCUT2D eigenvalue weighted by atomic mass is 10.1. The Morgan fingerprint density at radius 1 is 1.46 bits per heavy atom. The smallest absolute Gasteiger partial charge is 0.159 e. The molecule has 0 radical (unpaired) electrons. The van der Waals surface area contributed by atoms with Crippen LogP contribution in [0.2, 0.25) is 0 Å². The molecule has 4 heteroatoms. The third-order valence-electron chi connectivity index (χ3n) is 2.02. The van der Waals surface area contributed by atoms with E-state index in [0.29, 0.717) is 5.56 Å². The molecular weight excluding hydrogens is 166 g/mol. The van der Waals surface area contributed by atoms with Gasteiger partial charge in [0.1, 0.15) is 5.52 Å². The number of nitrogens with zero attached hydrogens (tertiary/aromatic N) is 3. The van der Waals surface area contributed by atoms with Crippen LogP contribution in [0, 0.1) is 0 Å².